The van der Waals surface area contributed by atoms with E-state index in [1.807, 2.05) is 0 Å². The summed E-state index contributed by atoms with van der Waals surface area (Å²) in [7, 11) is 0. The molecule has 0 aromatic heterocycles. The van der Waals surface area contributed by atoms with Crippen LogP contribution in [0.15, 0.2) is 48.5 Å². The van der Waals surface area contributed by atoms with E-state index in [0.29, 0.717) is 16.9 Å². The monoisotopic (exact) mass is 340 g/mol. The molecular weight excluding hydrogens is 324 g/mol. The SMILES string of the molecule is CC(=O)Nc1cccc(C(=O)CC(=O)Nc2ccc(C(=O)O)cc2)c1. The van der Waals surface area contributed by atoms with Gasteiger partial charge in [-0.3, -0.25) is 14.4 Å². The van der Waals surface area contributed by atoms with Gasteiger partial charge in [0.2, 0.25) is 11.8 Å². The molecule has 3 N–H and O–H groups in total. The van der Waals surface area contributed by atoms with Crippen LogP contribution >= 0.6 is 0 Å². The van der Waals surface area contributed by atoms with E-state index in [1.54, 1.807) is 18.2 Å². The number of carbonyl (C=O) groups is 4. The number of carboxylic acids is 1. The number of hydrogen-bond donors (Lipinski definition) is 3. The summed E-state index contributed by atoms with van der Waals surface area (Å²) in [5.74, 6) is -2.23. The quantitative estimate of drug-likeness (QED) is 0.552. The molecule has 0 saturated carbocycles. The second-order valence-electron chi connectivity index (χ2n) is 5.29. The molecular formula is C18H16N2O5. The van der Waals surface area contributed by atoms with E-state index < -0.39 is 17.7 Å². The average molecular weight is 340 g/mol. The summed E-state index contributed by atoms with van der Waals surface area (Å²) in [5, 5.41) is 13.9. The maximum Gasteiger partial charge on any atom is 0.335 e. The van der Waals surface area contributed by atoms with E-state index in [4.69, 9.17) is 5.11 Å². The van der Waals surface area contributed by atoms with Crippen molar-refractivity contribution in [2.45, 2.75) is 13.3 Å². The lowest BCUT2D eigenvalue weighted by Gasteiger charge is -2.07. The third-order valence-corrected chi connectivity index (χ3v) is 3.24. The Morgan fingerprint density at radius 3 is 2.16 bits per heavy atom. The van der Waals surface area contributed by atoms with Crippen molar-refractivity contribution in [3.8, 4) is 0 Å². The van der Waals surface area contributed by atoms with E-state index in [-0.39, 0.29) is 17.9 Å². The first-order valence-electron chi connectivity index (χ1n) is 7.39. The Morgan fingerprint density at radius 2 is 1.56 bits per heavy atom. The summed E-state index contributed by atoms with van der Waals surface area (Å²) in [6.07, 6.45) is -0.371. The van der Waals surface area contributed by atoms with Crippen molar-refractivity contribution in [3.63, 3.8) is 0 Å². The number of carbonyl (C=O) groups excluding carboxylic acids is 3. The van der Waals surface area contributed by atoms with Gasteiger partial charge >= 0.3 is 5.97 Å². The van der Waals surface area contributed by atoms with Gasteiger partial charge in [0.15, 0.2) is 5.78 Å². The zero-order valence-electron chi connectivity index (χ0n) is 13.4. The molecule has 2 rings (SSSR count). The van der Waals surface area contributed by atoms with Crippen LogP contribution in [0.3, 0.4) is 0 Å². The number of ketones is 1. The largest absolute Gasteiger partial charge is 0.478 e. The van der Waals surface area contributed by atoms with Crippen LogP contribution in [0.1, 0.15) is 34.1 Å². The number of carboxylic acid groups (broad SMARTS) is 1. The van der Waals surface area contributed by atoms with Crippen molar-refractivity contribution in [1.29, 1.82) is 0 Å². The molecule has 128 valence electrons. The molecule has 0 aliphatic rings. The van der Waals surface area contributed by atoms with Gasteiger partial charge in [0.1, 0.15) is 0 Å². The zero-order chi connectivity index (χ0) is 18.4. The standard InChI is InChI=1S/C18H16N2O5/c1-11(21)19-15-4-2-3-13(9-15)16(22)10-17(23)20-14-7-5-12(6-8-14)18(24)25/h2-9H,10H2,1H3,(H,19,21)(H,20,23)(H,24,25). The zero-order valence-corrected chi connectivity index (χ0v) is 13.4. The highest BCUT2D eigenvalue weighted by molar-refractivity contribution is 6.11. The lowest BCUT2D eigenvalue weighted by Crippen LogP contribution is -2.17. The van der Waals surface area contributed by atoms with Gasteiger partial charge in [0.05, 0.1) is 12.0 Å². The van der Waals surface area contributed by atoms with Crippen LogP contribution in [-0.2, 0) is 9.59 Å². The molecule has 0 atom stereocenters. The molecule has 0 spiro atoms. The van der Waals surface area contributed by atoms with E-state index >= 15 is 0 Å². The lowest BCUT2D eigenvalue weighted by molar-refractivity contribution is -0.115. The van der Waals surface area contributed by atoms with Gasteiger partial charge in [0, 0.05) is 23.9 Å². The Bertz CT molecular complexity index is 828. The molecule has 0 saturated heterocycles. The van der Waals surface area contributed by atoms with Gasteiger partial charge < -0.3 is 15.7 Å². The maximum atomic E-state index is 12.2. The molecule has 0 radical (unpaired) electrons. The summed E-state index contributed by atoms with van der Waals surface area (Å²) >= 11 is 0. The summed E-state index contributed by atoms with van der Waals surface area (Å²) in [6.45, 7) is 1.36. The minimum absolute atomic E-state index is 0.101. The fourth-order valence-electron chi connectivity index (χ4n) is 2.12. The van der Waals surface area contributed by atoms with Gasteiger partial charge in [-0.15, -0.1) is 0 Å². The van der Waals surface area contributed by atoms with Gasteiger partial charge in [-0.2, -0.15) is 0 Å². The fraction of sp³-hybridized carbons (Fsp3) is 0.111. The van der Waals surface area contributed by atoms with Crippen molar-refractivity contribution in [2.24, 2.45) is 0 Å². The Morgan fingerprint density at radius 1 is 0.880 bits per heavy atom. The van der Waals surface area contributed by atoms with Crippen LogP contribution in [0, 0.1) is 0 Å². The van der Waals surface area contributed by atoms with Crippen molar-refractivity contribution < 1.29 is 24.3 Å². The second kappa shape index (κ2) is 7.87. The smallest absolute Gasteiger partial charge is 0.335 e. The normalized spacial score (nSPS) is 9.96. The number of rotatable bonds is 6. The first-order valence-corrected chi connectivity index (χ1v) is 7.39. The molecule has 0 bridgehead atoms. The minimum Gasteiger partial charge on any atom is -0.478 e. The molecule has 25 heavy (non-hydrogen) atoms. The van der Waals surface area contributed by atoms with Gasteiger partial charge in [-0.1, -0.05) is 12.1 Å². The second-order valence-corrected chi connectivity index (χ2v) is 5.29. The molecule has 0 fully saturated rings. The van der Waals surface area contributed by atoms with Gasteiger partial charge in [-0.05, 0) is 36.4 Å². The molecule has 0 unspecified atom stereocenters. The predicted octanol–water partition coefficient (Wildman–Crippen LogP) is 2.55. The summed E-state index contributed by atoms with van der Waals surface area (Å²) in [6, 6.07) is 11.9. The molecule has 0 aliphatic carbocycles. The van der Waals surface area contributed by atoms with Crippen molar-refractivity contribution >= 4 is 34.9 Å². The molecule has 7 nitrogen and oxygen atoms in total. The number of anilines is 2. The molecule has 2 aromatic rings. The van der Waals surface area contributed by atoms with E-state index in [1.165, 1.54) is 37.3 Å². The summed E-state index contributed by atoms with van der Waals surface area (Å²) < 4.78 is 0. The van der Waals surface area contributed by atoms with Gasteiger partial charge in [-0.25, -0.2) is 4.79 Å². The number of nitrogens with one attached hydrogen (secondary N) is 2. The van der Waals surface area contributed by atoms with Crippen molar-refractivity contribution in [3.05, 3.63) is 59.7 Å². The number of Topliss-reactive ketones (excluding diaryl/α,β-unsaturated/α-hetero) is 1. The number of benzene rings is 2. The van der Waals surface area contributed by atoms with Crippen LogP contribution < -0.4 is 10.6 Å². The highest BCUT2D eigenvalue weighted by Crippen LogP contribution is 2.14. The Hall–Kier alpha value is -3.48. The third-order valence-electron chi connectivity index (χ3n) is 3.24. The van der Waals surface area contributed by atoms with Crippen molar-refractivity contribution in [1.82, 2.24) is 0 Å². The molecule has 0 heterocycles. The Labute approximate surface area is 143 Å². The molecule has 0 aliphatic heterocycles. The van der Waals surface area contributed by atoms with Gasteiger partial charge in [0.25, 0.3) is 0 Å². The third kappa shape index (κ3) is 5.28. The number of amides is 2. The van der Waals surface area contributed by atoms with Crippen LogP contribution in [0.25, 0.3) is 0 Å². The summed E-state index contributed by atoms with van der Waals surface area (Å²) in [4.78, 5) is 46.0. The highest BCUT2D eigenvalue weighted by Gasteiger charge is 2.13. The lowest BCUT2D eigenvalue weighted by atomic mass is 10.1. The van der Waals surface area contributed by atoms with Crippen LogP contribution in [0.5, 0.6) is 0 Å². The fourth-order valence-corrected chi connectivity index (χ4v) is 2.12. The average Bonchev–Trinajstić information content (AvgIpc) is 2.54. The number of hydrogen-bond acceptors (Lipinski definition) is 4. The predicted molar refractivity (Wildman–Crippen MR) is 91.7 cm³/mol. The topological polar surface area (TPSA) is 113 Å². The maximum absolute atomic E-state index is 12.2. The van der Waals surface area contributed by atoms with Crippen LogP contribution in [-0.4, -0.2) is 28.7 Å². The minimum atomic E-state index is -1.06. The summed E-state index contributed by atoms with van der Waals surface area (Å²) in [5.41, 5.74) is 1.28. The Kier molecular flexibility index (Phi) is 5.62. The molecule has 2 amide bonds. The van der Waals surface area contributed by atoms with Crippen molar-refractivity contribution in [2.75, 3.05) is 10.6 Å². The van der Waals surface area contributed by atoms with E-state index in [2.05, 4.69) is 10.6 Å². The molecule has 2 aromatic carbocycles. The number of aromatic carboxylic acids is 1. The highest BCUT2D eigenvalue weighted by atomic mass is 16.4. The van der Waals surface area contributed by atoms with E-state index in [9.17, 15) is 19.2 Å². The van der Waals surface area contributed by atoms with Crippen LogP contribution in [0.4, 0.5) is 11.4 Å². The van der Waals surface area contributed by atoms with Crippen LogP contribution in [0.2, 0.25) is 0 Å². The van der Waals surface area contributed by atoms with E-state index in [0.717, 1.165) is 0 Å². The first-order chi connectivity index (χ1) is 11.8. The molecule has 7 heteroatoms. The first kappa shape index (κ1) is 17.9. The Balaban J connectivity index is 1.99.